The summed E-state index contributed by atoms with van der Waals surface area (Å²) in [6, 6.07) is 13.1. The Balaban J connectivity index is 2.41. The van der Waals surface area contributed by atoms with Gasteiger partial charge in [0.25, 0.3) is 0 Å². The number of benzene rings is 2. The lowest BCUT2D eigenvalue weighted by molar-refractivity contribution is 0.584. The van der Waals surface area contributed by atoms with Gasteiger partial charge in [-0.2, -0.15) is 0 Å². The van der Waals surface area contributed by atoms with E-state index < -0.39 is 9.84 Å². The first-order valence-electron chi connectivity index (χ1n) is 5.80. The Morgan fingerprint density at radius 1 is 1.11 bits per heavy atom. The molecule has 0 bridgehead atoms. The van der Waals surface area contributed by atoms with Gasteiger partial charge in [-0.25, -0.2) is 8.42 Å². The SMILES string of the molecule is CC(CBr)CS(=O)(=O)c1ccc2ccccc2c1. The van der Waals surface area contributed by atoms with Gasteiger partial charge in [-0.3, -0.25) is 0 Å². The van der Waals surface area contributed by atoms with Gasteiger partial charge in [-0.1, -0.05) is 53.2 Å². The summed E-state index contributed by atoms with van der Waals surface area (Å²) in [5, 5.41) is 2.72. The third kappa shape index (κ3) is 2.93. The molecule has 96 valence electrons. The van der Waals surface area contributed by atoms with E-state index in [0.29, 0.717) is 10.2 Å². The molecule has 2 aromatic carbocycles. The van der Waals surface area contributed by atoms with Crippen molar-refractivity contribution in [3.63, 3.8) is 0 Å². The Bertz CT molecular complexity index is 650. The van der Waals surface area contributed by atoms with Crippen LogP contribution in [0.25, 0.3) is 10.8 Å². The molecule has 0 spiro atoms. The van der Waals surface area contributed by atoms with E-state index in [2.05, 4.69) is 15.9 Å². The summed E-state index contributed by atoms with van der Waals surface area (Å²) in [5.41, 5.74) is 0. The average Bonchev–Trinajstić information content (AvgIpc) is 2.37. The summed E-state index contributed by atoms with van der Waals surface area (Å²) in [6.45, 7) is 1.92. The quantitative estimate of drug-likeness (QED) is 0.804. The van der Waals surface area contributed by atoms with Crippen LogP contribution >= 0.6 is 15.9 Å². The minimum Gasteiger partial charge on any atom is -0.224 e. The smallest absolute Gasteiger partial charge is 0.178 e. The zero-order valence-corrected chi connectivity index (χ0v) is 12.5. The molecule has 2 rings (SSSR count). The van der Waals surface area contributed by atoms with Crippen molar-refractivity contribution in [1.29, 1.82) is 0 Å². The van der Waals surface area contributed by atoms with Crippen LogP contribution in [-0.4, -0.2) is 19.5 Å². The molecule has 0 saturated carbocycles. The van der Waals surface area contributed by atoms with Gasteiger partial charge in [0.05, 0.1) is 10.6 Å². The van der Waals surface area contributed by atoms with Crippen molar-refractivity contribution in [1.82, 2.24) is 0 Å². The van der Waals surface area contributed by atoms with E-state index >= 15 is 0 Å². The largest absolute Gasteiger partial charge is 0.224 e. The van der Waals surface area contributed by atoms with Crippen LogP contribution < -0.4 is 0 Å². The van der Waals surface area contributed by atoms with Crippen LogP contribution in [0, 0.1) is 5.92 Å². The number of hydrogen-bond donors (Lipinski definition) is 0. The van der Waals surface area contributed by atoms with Crippen LogP contribution in [0.4, 0.5) is 0 Å². The molecule has 0 fully saturated rings. The summed E-state index contributed by atoms with van der Waals surface area (Å²) in [6.07, 6.45) is 0. The van der Waals surface area contributed by atoms with Gasteiger partial charge in [-0.05, 0) is 28.8 Å². The normalized spacial score (nSPS) is 13.7. The molecule has 18 heavy (non-hydrogen) atoms. The van der Waals surface area contributed by atoms with Crippen molar-refractivity contribution < 1.29 is 8.42 Å². The summed E-state index contributed by atoms with van der Waals surface area (Å²) < 4.78 is 24.4. The predicted molar refractivity (Wildman–Crippen MR) is 79.0 cm³/mol. The number of rotatable bonds is 4. The van der Waals surface area contributed by atoms with Gasteiger partial charge < -0.3 is 0 Å². The third-order valence-electron chi connectivity index (χ3n) is 2.85. The molecule has 0 aromatic heterocycles. The fraction of sp³-hybridized carbons (Fsp3) is 0.286. The van der Waals surface area contributed by atoms with Gasteiger partial charge in [0.15, 0.2) is 9.84 Å². The van der Waals surface area contributed by atoms with Crippen molar-refractivity contribution in [2.45, 2.75) is 11.8 Å². The number of sulfone groups is 1. The van der Waals surface area contributed by atoms with Crippen LogP contribution in [0.5, 0.6) is 0 Å². The number of halogens is 1. The predicted octanol–water partition coefficient (Wildman–Crippen LogP) is 3.64. The van der Waals surface area contributed by atoms with Crippen molar-refractivity contribution in [2.75, 3.05) is 11.1 Å². The van der Waals surface area contributed by atoms with E-state index in [1.165, 1.54) is 0 Å². The number of alkyl halides is 1. The standard InChI is InChI=1S/C14H15BrO2S/c1-11(9-15)10-18(16,17)14-7-6-12-4-2-3-5-13(12)8-14/h2-8,11H,9-10H2,1H3. The molecule has 0 aliphatic carbocycles. The van der Waals surface area contributed by atoms with E-state index in [0.717, 1.165) is 10.8 Å². The zero-order valence-electron chi connectivity index (χ0n) is 10.1. The van der Waals surface area contributed by atoms with E-state index in [-0.39, 0.29) is 11.7 Å². The maximum Gasteiger partial charge on any atom is 0.178 e. The summed E-state index contributed by atoms with van der Waals surface area (Å²) in [4.78, 5) is 0.411. The number of fused-ring (bicyclic) bond motifs is 1. The molecular weight excluding hydrogens is 312 g/mol. The van der Waals surface area contributed by atoms with Crippen LogP contribution in [-0.2, 0) is 9.84 Å². The lowest BCUT2D eigenvalue weighted by Gasteiger charge is -2.09. The minimum absolute atomic E-state index is 0.112. The van der Waals surface area contributed by atoms with Crippen molar-refractivity contribution in [3.05, 3.63) is 42.5 Å². The maximum absolute atomic E-state index is 12.2. The Morgan fingerprint density at radius 2 is 1.78 bits per heavy atom. The second-order valence-corrected chi connectivity index (χ2v) is 7.23. The molecule has 2 nitrogen and oxygen atoms in total. The van der Waals surface area contributed by atoms with E-state index in [1.54, 1.807) is 12.1 Å². The highest BCUT2D eigenvalue weighted by Crippen LogP contribution is 2.21. The van der Waals surface area contributed by atoms with E-state index in [9.17, 15) is 8.42 Å². The first-order valence-corrected chi connectivity index (χ1v) is 8.58. The molecule has 2 aromatic rings. The highest BCUT2D eigenvalue weighted by atomic mass is 79.9. The lowest BCUT2D eigenvalue weighted by atomic mass is 10.1. The molecule has 0 heterocycles. The van der Waals surface area contributed by atoms with Gasteiger partial charge in [0, 0.05) is 5.33 Å². The Kier molecular flexibility index (Phi) is 4.07. The van der Waals surface area contributed by atoms with Crippen LogP contribution in [0.3, 0.4) is 0 Å². The zero-order chi connectivity index (χ0) is 13.2. The molecule has 0 amide bonds. The van der Waals surface area contributed by atoms with Gasteiger partial charge >= 0.3 is 0 Å². The molecule has 0 N–H and O–H groups in total. The van der Waals surface area contributed by atoms with Crippen LogP contribution in [0.2, 0.25) is 0 Å². The summed E-state index contributed by atoms with van der Waals surface area (Å²) >= 11 is 3.32. The Labute approximate surface area is 116 Å². The second-order valence-electron chi connectivity index (χ2n) is 4.55. The van der Waals surface area contributed by atoms with Crippen LogP contribution in [0.15, 0.2) is 47.4 Å². The monoisotopic (exact) mass is 326 g/mol. The molecule has 1 atom stereocenters. The average molecular weight is 327 g/mol. The van der Waals surface area contributed by atoms with Crippen LogP contribution in [0.1, 0.15) is 6.92 Å². The second kappa shape index (κ2) is 5.41. The maximum atomic E-state index is 12.2. The topological polar surface area (TPSA) is 34.1 Å². The fourth-order valence-electron chi connectivity index (χ4n) is 1.88. The highest BCUT2D eigenvalue weighted by molar-refractivity contribution is 9.09. The first kappa shape index (κ1) is 13.6. The molecular formula is C14H15BrO2S. The molecule has 1 unspecified atom stereocenters. The van der Waals surface area contributed by atoms with Gasteiger partial charge in [0.2, 0.25) is 0 Å². The first-order chi connectivity index (χ1) is 8.53. The highest BCUT2D eigenvalue weighted by Gasteiger charge is 2.18. The molecule has 0 radical (unpaired) electrons. The molecule has 4 heteroatoms. The van der Waals surface area contributed by atoms with Crippen molar-refractivity contribution in [3.8, 4) is 0 Å². The minimum atomic E-state index is -3.19. The fourth-order valence-corrected chi connectivity index (χ4v) is 4.05. The lowest BCUT2D eigenvalue weighted by Crippen LogP contribution is -2.14. The molecule has 0 aliphatic heterocycles. The van der Waals surface area contributed by atoms with Crippen molar-refractivity contribution in [2.24, 2.45) is 5.92 Å². The number of hydrogen-bond acceptors (Lipinski definition) is 2. The third-order valence-corrected chi connectivity index (χ3v) is 5.93. The summed E-state index contributed by atoms with van der Waals surface area (Å²) in [7, 11) is -3.19. The molecule has 0 aliphatic rings. The van der Waals surface area contributed by atoms with E-state index in [1.807, 2.05) is 37.3 Å². The van der Waals surface area contributed by atoms with E-state index in [4.69, 9.17) is 0 Å². The van der Waals surface area contributed by atoms with Crippen molar-refractivity contribution >= 4 is 36.5 Å². The van der Waals surface area contributed by atoms with Gasteiger partial charge in [0.1, 0.15) is 0 Å². The Morgan fingerprint density at radius 3 is 2.44 bits per heavy atom. The summed E-state index contributed by atoms with van der Waals surface area (Å²) in [5.74, 6) is 0.290. The van der Waals surface area contributed by atoms with Gasteiger partial charge in [-0.15, -0.1) is 0 Å². The Hall–Kier alpha value is -0.870. The molecule has 0 saturated heterocycles.